The maximum atomic E-state index is 5.93. The van der Waals surface area contributed by atoms with Crippen LogP contribution < -0.4 is 10.6 Å². The zero-order chi connectivity index (χ0) is 12.0. The Balaban J connectivity index is 1.90. The molecule has 0 aromatic carbocycles. The summed E-state index contributed by atoms with van der Waals surface area (Å²) in [6, 6.07) is 0. The Bertz CT molecular complexity index is 431. The van der Waals surface area contributed by atoms with Crippen molar-refractivity contribution in [2.24, 2.45) is 11.8 Å². The van der Waals surface area contributed by atoms with E-state index in [1.54, 1.807) is 0 Å². The first-order valence-corrected chi connectivity index (χ1v) is 6.51. The van der Waals surface area contributed by atoms with Crippen LogP contribution >= 0.6 is 0 Å². The summed E-state index contributed by atoms with van der Waals surface area (Å²) in [4.78, 5) is 11.2. The Labute approximate surface area is 102 Å². The molecule has 1 aromatic heterocycles. The molecular formula is C13H20N4. The van der Waals surface area contributed by atoms with Crippen LogP contribution in [-0.2, 0) is 0 Å². The lowest BCUT2D eigenvalue weighted by atomic mass is 10.0. The molecule has 4 nitrogen and oxygen atoms in total. The molecule has 2 fully saturated rings. The number of nitrogens with zero attached hydrogens (tertiary/aromatic N) is 3. The number of anilines is 2. The second-order valence-electron chi connectivity index (χ2n) is 5.46. The molecule has 2 unspecified atom stereocenters. The average molecular weight is 232 g/mol. The van der Waals surface area contributed by atoms with Crippen LogP contribution in [0.1, 0.15) is 30.7 Å². The molecule has 92 valence electrons. The van der Waals surface area contributed by atoms with Crippen molar-refractivity contribution in [2.75, 3.05) is 23.7 Å². The van der Waals surface area contributed by atoms with Crippen LogP contribution in [-0.4, -0.2) is 23.1 Å². The Hall–Kier alpha value is -1.32. The number of hydrogen-bond acceptors (Lipinski definition) is 4. The standard InChI is InChI=1S/C13H20N4/c1-8-12(14)15-9(2)16-13(8)17-6-10-4-3-5-11(10)7-17/h10-11H,3-7H2,1-2H3,(H2,14,15,16). The molecule has 0 amide bonds. The highest BCUT2D eigenvalue weighted by Crippen LogP contribution is 2.40. The van der Waals surface area contributed by atoms with Gasteiger partial charge in [-0.3, -0.25) is 0 Å². The molecule has 3 rings (SSSR count). The Kier molecular flexibility index (Phi) is 2.45. The highest BCUT2D eigenvalue weighted by molar-refractivity contribution is 5.57. The average Bonchev–Trinajstić information content (AvgIpc) is 2.83. The van der Waals surface area contributed by atoms with Crippen LogP contribution in [0.15, 0.2) is 0 Å². The van der Waals surface area contributed by atoms with Gasteiger partial charge in [-0.2, -0.15) is 0 Å². The van der Waals surface area contributed by atoms with Crippen molar-refractivity contribution in [2.45, 2.75) is 33.1 Å². The number of nitrogens with two attached hydrogens (primary N) is 1. The second-order valence-corrected chi connectivity index (χ2v) is 5.46. The molecule has 2 N–H and O–H groups in total. The van der Waals surface area contributed by atoms with Crippen LogP contribution in [0, 0.1) is 25.7 Å². The lowest BCUT2D eigenvalue weighted by Gasteiger charge is -2.21. The molecule has 1 aromatic rings. The minimum atomic E-state index is 0.629. The summed E-state index contributed by atoms with van der Waals surface area (Å²) in [6.45, 7) is 6.25. The van der Waals surface area contributed by atoms with Gasteiger partial charge in [-0.1, -0.05) is 6.42 Å². The summed E-state index contributed by atoms with van der Waals surface area (Å²) in [7, 11) is 0. The molecular weight excluding hydrogens is 212 g/mol. The molecule has 0 bridgehead atoms. The highest BCUT2D eigenvalue weighted by atomic mass is 15.2. The minimum absolute atomic E-state index is 0.629. The monoisotopic (exact) mass is 232 g/mol. The van der Waals surface area contributed by atoms with E-state index >= 15 is 0 Å². The second kappa shape index (κ2) is 3.86. The van der Waals surface area contributed by atoms with E-state index in [0.717, 1.165) is 42.1 Å². The summed E-state index contributed by atoms with van der Waals surface area (Å²) in [5.74, 6) is 4.23. The molecule has 2 atom stereocenters. The van der Waals surface area contributed by atoms with Gasteiger partial charge in [0.2, 0.25) is 0 Å². The van der Waals surface area contributed by atoms with Gasteiger partial charge in [-0.05, 0) is 38.5 Å². The van der Waals surface area contributed by atoms with Gasteiger partial charge in [0.25, 0.3) is 0 Å². The van der Waals surface area contributed by atoms with Crippen molar-refractivity contribution in [3.63, 3.8) is 0 Å². The summed E-state index contributed by atoms with van der Waals surface area (Å²) in [5.41, 5.74) is 6.96. The Morgan fingerprint density at radius 1 is 1.12 bits per heavy atom. The number of hydrogen-bond donors (Lipinski definition) is 1. The van der Waals surface area contributed by atoms with Crippen LogP contribution in [0.2, 0.25) is 0 Å². The molecule has 1 aliphatic carbocycles. The van der Waals surface area contributed by atoms with Gasteiger partial charge in [0.15, 0.2) is 0 Å². The zero-order valence-electron chi connectivity index (χ0n) is 10.6. The van der Waals surface area contributed by atoms with Crippen molar-refractivity contribution in [1.29, 1.82) is 0 Å². The first kappa shape index (κ1) is 10.8. The molecule has 0 radical (unpaired) electrons. The maximum Gasteiger partial charge on any atom is 0.137 e. The van der Waals surface area contributed by atoms with Crippen molar-refractivity contribution in [1.82, 2.24) is 9.97 Å². The van der Waals surface area contributed by atoms with Gasteiger partial charge in [0.05, 0.1) is 0 Å². The van der Waals surface area contributed by atoms with E-state index < -0.39 is 0 Å². The lowest BCUT2D eigenvalue weighted by Crippen LogP contribution is -2.24. The first-order valence-electron chi connectivity index (χ1n) is 6.51. The fourth-order valence-corrected chi connectivity index (χ4v) is 3.35. The fraction of sp³-hybridized carbons (Fsp3) is 0.692. The SMILES string of the molecule is Cc1nc(N)c(C)c(N2CC3CCCC3C2)n1. The molecule has 1 saturated heterocycles. The van der Waals surface area contributed by atoms with Gasteiger partial charge in [0.1, 0.15) is 17.5 Å². The van der Waals surface area contributed by atoms with Crippen LogP contribution in [0.5, 0.6) is 0 Å². The highest BCUT2D eigenvalue weighted by Gasteiger charge is 2.37. The molecule has 17 heavy (non-hydrogen) atoms. The van der Waals surface area contributed by atoms with E-state index in [9.17, 15) is 0 Å². The fourth-order valence-electron chi connectivity index (χ4n) is 3.35. The Morgan fingerprint density at radius 2 is 1.76 bits per heavy atom. The van der Waals surface area contributed by atoms with Crippen molar-refractivity contribution < 1.29 is 0 Å². The smallest absolute Gasteiger partial charge is 0.137 e. The lowest BCUT2D eigenvalue weighted by molar-refractivity contribution is 0.494. The zero-order valence-corrected chi connectivity index (χ0v) is 10.6. The van der Waals surface area contributed by atoms with E-state index in [1.807, 2.05) is 13.8 Å². The van der Waals surface area contributed by atoms with E-state index in [4.69, 9.17) is 5.73 Å². The van der Waals surface area contributed by atoms with E-state index in [0.29, 0.717) is 5.82 Å². The largest absolute Gasteiger partial charge is 0.383 e. The van der Waals surface area contributed by atoms with Crippen LogP contribution in [0.4, 0.5) is 11.6 Å². The summed E-state index contributed by atoms with van der Waals surface area (Å²) < 4.78 is 0. The van der Waals surface area contributed by atoms with E-state index in [-0.39, 0.29) is 0 Å². The number of fused-ring (bicyclic) bond motifs is 1. The van der Waals surface area contributed by atoms with Crippen LogP contribution in [0.3, 0.4) is 0 Å². The summed E-state index contributed by atoms with van der Waals surface area (Å²) in [6.07, 6.45) is 4.19. The van der Waals surface area contributed by atoms with Gasteiger partial charge < -0.3 is 10.6 Å². The third kappa shape index (κ3) is 1.75. The molecule has 4 heteroatoms. The quantitative estimate of drug-likeness (QED) is 0.803. The predicted octanol–water partition coefficient (Wildman–Crippen LogP) is 1.91. The summed E-state index contributed by atoms with van der Waals surface area (Å²) in [5, 5.41) is 0. The normalized spacial score (nSPS) is 27.5. The van der Waals surface area contributed by atoms with Crippen molar-refractivity contribution >= 4 is 11.6 Å². The topological polar surface area (TPSA) is 55.0 Å². The Morgan fingerprint density at radius 3 is 2.41 bits per heavy atom. The third-order valence-corrected chi connectivity index (χ3v) is 4.30. The number of aromatic nitrogens is 2. The van der Waals surface area contributed by atoms with Gasteiger partial charge in [0, 0.05) is 18.7 Å². The maximum absolute atomic E-state index is 5.93. The van der Waals surface area contributed by atoms with Crippen molar-refractivity contribution in [3.8, 4) is 0 Å². The first-order chi connectivity index (χ1) is 8.15. The van der Waals surface area contributed by atoms with E-state index in [1.165, 1.54) is 19.3 Å². The van der Waals surface area contributed by atoms with Crippen molar-refractivity contribution in [3.05, 3.63) is 11.4 Å². The number of nitrogen functional groups attached to an aromatic ring is 1. The van der Waals surface area contributed by atoms with Crippen LogP contribution in [0.25, 0.3) is 0 Å². The van der Waals surface area contributed by atoms with Gasteiger partial charge >= 0.3 is 0 Å². The number of aryl methyl sites for hydroxylation is 1. The van der Waals surface area contributed by atoms with E-state index in [2.05, 4.69) is 14.9 Å². The molecule has 2 heterocycles. The third-order valence-electron chi connectivity index (χ3n) is 4.30. The van der Waals surface area contributed by atoms with Gasteiger partial charge in [-0.15, -0.1) is 0 Å². The minimum Gasteiger partial charge on any atom is -0.383 e. The molecule has 1 saturated carbocycles. The van der Waals surface area contributed by atoms with Gasteiger partial charge in [-0.25, -0.2) is 9.97 Å². The number of rotatable bonds is 1. The molecule has 2 aliphatic rings. The summed E-state index contributed by atoms with van der Waals surface area (Å²) >= 11 is 0. The predicted molar refractivity (Wildman–Crippen MR) is 69.0 cm³/mol. The molecule has 0 spiro atoms. The molecule has 1 aliphatic heterocycles.